The van der Waals surface area contributed by atoms with Gasteiger partial charge in [0.1, 0.15) is 0 Å². The highest BCUT2D eigenvalue weighted by atomic mass is 16.2. The monoisotopic (exact) mass is 382 g/mol. The molecule has 0 spiro atoms. The van der Waals surface area contributed by atoms with Crippen molar-refractivity contribution in [3.05, 3.63) is 108 Å². The van der Waals surface area contributed by atoms with Crippen LogP contribution in [0.1, 0.15) is 29.0 Å². The first kappa shape index (κ1) is 18.1. The van der Waals surface area contributed by atoms with Crippen molar-refractivity contribution in [2.24, 2.45) is 5.92 Å². The van der Waals surface area contributed by atoms with Gasteiger partial charge >= 0.3 is 0 Å². The first-order chi connectivity index (χ1) is 14.3. The lowest BCUT2D eigenvalue weighted by Gasteiger charge is -2.20. The highest BCUT2D eigenvalue weighted by molar-refractivity contribution is 5.87. The summed E-state index contributed by atoms with van der Waals surface area (Å²) in [6, 6.07) is 32.0. The van der Waals surface area contributed by atoms with Crippen LogP contribution in [0.15, 0.2) is 91.0 Å². The van der Waals surface area contributed by atoms with Gasteiger partial charge in [-0.15, -0.1) is 0 Å². The third kappa shape index (κ3) is 3.83. The van der Waals surface area contributed by atoms with E-state index in [1.165, 1.54) is 5.56 Å². The van der Waals surface area contributed by atoms with E-state index in [4.69, 9.17) is 0 Å². The van der Waals surface area contributed by atoms with E-state index in [2.05, 4.69) is 41.0 Å². The SMILES string of the molecule is O=C(N[C@H]1[C@@H]2CC(Cc3ccccc3)N[C@@H]21)C(c1ccccc1)c1ccccc1. The molecule has 146 valence electrons. The first-order valence-corrected chi connectivity index (χ1v) is 10.5. The number of nitrogens with one attached hydrogen (secondary N) is 2. The number of benzene rings is 3. The summed E-state index contributed by atoms with van der Waals surface area (Å²) in [5.41, 5.74) is 3.45. The fourth-order valence-electron chi connectivity index (χ4n) is 4.83. The first-order valence-electron chi connectivity index (χ1n) is 10.5. The molecule has 3 aromatic carbocycles. The van der Waals surface area contributed by atoms with E-state index >= 15 is 0 Å². The minimum Gasteiger partial charge on any atom is -0.351 e. The summed E-state index contributed by atoms with van der Waals surface area (Å²) in [5, 5.41) is 7.07. The summed E-state index contributed by atoms with van der Waals surface area (Å²) < 4.78 is 0. The molecule has 1 saturated heterocycles. The average molecular weight is 383 g/mol. The summed E-state index contributed by atoms with van der Waals surface area (Å²) in [4.78, 5) is 13.3. The number of fused-ring (bicyclic) bond motifs is 1. The molecule has 5 rings (SSSR count). The summed E-state index contributed by atoms with van der Waals surface area (Å²) in [5.74, 6) is 0.391. The van der Waals surface area contributed by atoms with Crippen molar-refractivity contribution in [1.82, 2.24) is 10.6 Å². The molecular weight excluding hydrogens is 356 g/mol. The fraction of sp³-hybridized carbons (Fsp3) is 0.269. The van der Waals surface area contributed by atoms with Crippen molar-refractivity contribution in [3.63, 3.8) is 0 Å². The lowest BCUT2D eigenvalue weighted by molar-refractivity contribution is -0.122. The molecular formula is C26H26N2O. The molecule has 1 unspecified atom stereocenters. The van der Waals surface area contributed by atoms with Gasteiger partial charge in [-0.1, -0.05) is 91.0 Å². The Bertz CT molecular complexity index is 906. The number of hydrogen-bond donors (Lipinski definition) is 2. The largest absolute Gasteiger partial charge is 0.351 e. The third-order valence-electron chi connectivity index (χ3n) is 6.32. The van der Waals surface area contributed by atoms with Gasteiger partial charge in [0.25, 0.3) is 0 Å². The molecule has 1 amide bonds. The summed E-state index contributed by atoms with van der Waals surface area (Å²) >= 11 is 0. The van der Waals surface area contributed by atoms with Gasteiger partial charge in [0.15, 0.2) is 0 Å². The van der Waals surface area contributed by atoms with Crippen molar-refractivity contribution in [2.75, 3.05) is 0 Å². The lowest BCUT2D eigenvalue weighted by atomic mass is 9.90. The highest BCUT2D eigenvalue weighted by Gasteiger charge is 2.56. The Hall–Kier alpha value is -2.91. The Morgan fingerprint density at radius 1 is 0.862 bits per heavy atom. The Balaban J connectivity index is 1.24. The van der Waals surface area contributed by atoms with Crippen LogP contribution in [0.2, 0.25) is 0 Å². The zero-order valence-corrected chi connectivity index (χ0v) is 16.4. The second-order valence-corrected chi connectivity index (χ2v) is 8.27. The maximum Gasteiger partial charge on any atom is 0.232 e. The zero-order valence-electron chi connectivity index (χ0n) is 16.4. The smallest absolute Gasteiger partial charge is 0.232 e. The molecule has 1 aliphatic carbocycles. The van der Waals surface area contributed by atoms with Gasteiger partial charge in [0.05, 0.1) is 5.92 Å². The third-order valence-corrected chi connectivity index (χ3v) is 6.32. The summed E-state index contributed by atoms with van der Waals surface area (Å²) in [7, 11) is 0. The van der Waals surface area contributed by atoms with Gasteiger partial charge in [-0.2, -0.15) is 0 Å². The topological polar surface area (TPSA) is 41.1 Å². The van der Waals surface area contributed by atoms with Crippen LogP contribution in [0.3, 0.4) is 0 Å². The fourth-order valence-corrected chi connectivity index (χ4v) is 4.83. The molecule has 3 heteroatoms. The van der Waals surface area contributed by atoms with Crippen molar-refractivity contribution >= 4 is 5.91 Å². The molecule has 0 radical (unpaired) electrons. The van der Waals surface area contributed by atoms with Crippen LogP contribution in [0.4, 0.5) is 0 Å². The number of carbonyl (C=O) groups excluding carboxylic acids is 1. The van der Waals surface area contributed by atoms with Gasteiger partial charge in [-0.25, -0.2) is 0 Å². The standard InChI is InChI=1S/C26H26N2O/c29-26(23(19-12-6-2-7-13-19)20-14-8-3-9-15-20)28-25-22-17-21(27-24(22)25)16-18-10-4-1-5-11-18/h1-15,21-25,27H,16-17H2,(H,28,29)/t21?,22-,24+,25+/m1/s1. The predicted octanol–water partition coefficient (Wildman–Crippen LogP) is 3.91. The second-order valence-electron chi connectivity index (χ2n) is 8.27. The molecule has 29 heavy (non-hydrogen) atoms. The van der Waals surface area contributed by atoms with E-state index in [0.29, 0.717) is 18.0 Å². The zero-order chi connectivity index (χ0) is 19.6. The molecule has 1 aliphatic heterocycles. The van der Waals surface area contributed by atoms with Crippen molar-refractivity contribution in [3.8, 4) is 0 Å². The molecule has 0 bridgehead atoms. The van der Waals surface area contributed by atoms with E-state index in [1.807, 2.05) is 60.7 Å². The van der Waals surface area contributed by atoms with E-state index < -0.39 is 0 Å². The van der Waals surface area contributed by atoms with Crippen LogP contribution >= 0.6 is 0 Å². The van der Waals surface area contributed by atoms with Gasteiger partial charge in [-0.3, -0.25) is 4.79 Å². The van der Waals surface area contributed by atoms with E-state index in [-0.39, 0.29) is 17.9 Å². The van der Waals surface area contributed by atoms with Gasteiger partial charge in [-0.05, 0) is 35.4 Å². The summed E-state index contributed by atoms with van der Waals surface area (Å²) in [6.07, 6.45) is 2.19. The maximum atomic E-state index is 13.3. The molecule has 1 heterocycles. The van der Waals surface area contributed by atoms with Crippen LogP contribution in [0.5, 0.6) is 0 Å². The molecule has 4 atom stereocenters. The molecule has 2 fully saturated rings. The van der Waals surface area contributed by atoms with Crippen molar-refractivity contribution in [1.29, 1.82) is 0 Å². The molecule has 2 N–H and O–H groups in total. The lowest BCUT2D eigenvalue weighted by Crippen LogP contribution is -2.40. The van der Waals surface area contributed by atoms with Gasteiger partial charge in [0, 0.05) is 18.1 Å². The number of carbonyl (C=O) groups is 1. The van der Waals surface area contributed by atoms with E-state index in [9.17, 15) is 4.79 Å². The Morgan fingerprint density at radius 3 is 1.93 bits per heavy atom. The van der Waals surface area contributed by atoms with E-state index in [0.717, 1.165) is 24.0 Å². The maximum absolute atomic E-state index is 13.3. The van der Waals surface area contributed by atoms with Crippen molar-refractivity contribution < 1.29 is 4.79 Å². The van der Waals surface area contributed by atoms with Crippen LogP contribution in [0, 0.1) is 5.92 Å². The number of piperidine rings is 1. The minimum atomic E-state index is -0.265. The predicted molar refractivity (Wildman–Crippen MR) is 116 cm³/mol. The van der Waals surface area contributed by atoms with Crippen molar-refractivity contribution in [2.45, 2.75) is 36.9 Å². The van der Waals surface area contributed by atoms with Gasteiger partial charge in [0.2, 0.25) is 5.91 Å². The molecule has 3 aromatic rings. The highest BCUT2D eigenvalue weighted by Crippen LogP contribution is 2.42. The Morgan fingerprint density at radius 2 is 1.41 bits per heavy atom. The molecule has 2 aliphatic rings. The normalized spacial score (nSPS) is 24.9. The molecule has 1 saturated carbocycles. The van der Waals surface area contributed by atoms with Crippen LogP contribution < -0.4 is 10.6 Å². The molecule has 3 nitrogen and oxygen atoms in total. The van der Waals surface area contributed by atoms with Crippen LogP contribution in [0.25, 0.3) is 0 Å². The number of hydrogen-bond acceptors (Lipinski definition) is 2. The second kappa shape index (κ2) is 7.84. The quantitative estimate of drug-likeness (QED) is 0.679. The van der Waals surface area contributed by atoms with Crippen LogP contribution in [-0.2, 0) is 11.2 Å². The van der Waals surface area contributed by atoms with Gasteiger partial charge < -0.3 is 10.6 Å². The minimum absolute atomic E-state index is 0.100. The van der Waals surface area contributed by atoms with E-state index in [1.54, 1.807) is 0 Å². The number of amides is 1. The average Bonchev–Trinajstić information content (AvgIpc) is 3.19. The van der Waals surface area contributed by atoms with Crippen LogP contribution in [-0.4, -0.2) is 24.0 Å². The molecule has 0 aromatic heterocycles. The summed E-state index contributed by atoms with van der Waals surface area (Å²) in [6.45, 7) is 0. The Kier molecular flexibility index (Phi) is 4.91. The Labute approximate surface area is 172 Å². The number of rotatable bonds is 6.